The summed E-state index contributed by atoms with van der Waals surface area (Å²) in [5, 5.41) is 3.05. The molecule has 2 aromatic rings. The monoisotopic (exact) mass is 338 g/mol. The van der Waals surface area contributed by atoms with Gasteiger partial charge in [-0.1, -0.05) is 30.3 Å². The molecule has 0 aromatic heterocycles. The van der Waals surface area contributed by atoms with E-state index in [0.29, 0.717) is 6.42 Å². The number of hydrogen-bond donors (Lipinski definition) is 1. The maximum absolute atomic E-state index is 13.0. The smallest absolute Gasteiger partial charge is 0.243 e. The summed E-state index contributed by atoms with van der Waals surface area (Å²) in [6.07, 6.45) is 1.38. The lowest BCUT2D eigenvalue weighted by molar-refractivity contribution is -0.125. The minimum absolute atomic E-state index is 0.0514. The van der Waals surface area contributed by atoms with Crippen LogP contribution in [-0.4, -0.2) is 23.9 Å². The van der Waals surface area contributed by atoms with E-state index in [2.05, 4.69) is 5.32 Å². The van der Waals surface area contributed by atoms with Gasteiger partial charge in [0.2, 0.25) is 11.8 Å². The summed E-state index contributed by atoms with van der Waals surface area (Å²) in [7, 11) is 0. The van der Waals surface area contributed by atoms with Gasteiger partial charge < -0.3 is 5.32 Å². The van der Waals surface area contributed by atoms with E-state index in [9.17, 15) is 14.0 Å². The lowest BCUT2D eigenvalue weighted by Crippen LogP contribution is -2.48. The van der Waals surface area contributed by atoms with Crippen LogP contribution in [0.2, 0.25) is 0 Å². The fourth-order valence-corrected chi connectivity index (χ4v) is 3.70. The fraction of sp³-hybridized carbons (Fsp3) is 0.300. The van der Waals surface area contributed by atoms with E-state index in [0.717, 1.165) is 23.2 Å². The number of halogens is 1. The first-order valence-corrected chi connectivity index (χ1v) is 8.48. The van der Waals surface area contributed by atoms with Crippen molar-refractivity contribution in [3.05, 3.63) is 65.5 Å². The number of nitrogens with one attached hydrogen (secondary N) is 1. The summed E-state index contributed by atoms with van der Waals surface area (Å²) in [6.45, 7) is 1.49. The molecule has 0 saturated heterocycles. The molecule has 5 heteroatoms. The molecule has 1 heterocycles. The van der Waals surface area contributed by atoms with Crippen LogP contribution in [0.25, 0.3) is 0 Å². The average Bonchev–Trinajstić information content (AvgIpc) is 3.23. The van der Waals surface area contributed by atoms with Crippen LogP contribution in [0.3, 0.4) is 0 Å². The van der Waals surface area contributed by atoms with Gasteiger partial charge in [0.25, 0.3) is 0 Å². The maximum atomic E-state index is 13.0. The molecule has 0 spiro atoms. The second kappa shape index (κ2) is 5.99. The van der Waals surface area contributed by atoms with E-state index in [4.69, 9.17) is 0 Å². The summed E-state index contributed by atoms with van der Waals surface area (Å²) in [4.78, 5) is 26.4. The molecule has 4 nitrogen and oxygen atoms in total. The third-order valence-electron chi connectivity index (χ3n) is 5.03. The number of carbonyl (C=O) groups is 2. The van der Waals surface area contributed by atoms with E-state index >= 15 is 0 Å². The van der Waals surface area contributed by atoms with Crippen molar-refractivity contribution < 1.29 is 14.0 Å². The van der Waals surface area contributed by atoms with E-state index in [1.165, 1.54) is 19.1 Å². The molecule has 1 fully saturated rings. The average molecular weight is 338 g/mol. The predicted octanol–water partition coefficient (Wildman–Crippen LogP) is 2.78. The van der Waals surface area contributed by atoms with Crippen molar-refractivity contribution in [1.29, 1.82) is 0 Å². The number of nitrogens with zero attached hydrogens (tertiary/aromatic N) is 1. The first-order chi connectivity index (χ1) is 12.0. The standard InChI is InChI=1S/C20H19FN2O2/c1-12(24)23-18-5-3-2-4-14(18)10-19(23)20(25)22-17-11-16(17)13-6-8-15(21)9-7-13/h2-9,16-17,19H,10-11H2,1H3,(H,22,25)/t16-,17-,19-/m0/s1. The third kappa shape index (κ3) is 2.90. The van der Waals surface area contributed by atoms with Crippen LogP contribution in [0.5, 0.6) is 0 Å². The van der Waals surface area contributed by atoms with Gasteiger partial charge in [-0.05, 0) is 35.7 Å². The van der Waals surface area contributed by atoms with Gasteiger partial charge in [0.05, 0.1) is 0 Å². The Balaban J connectivity index is 1.45. The van der Waals surface area contributed by atoms with Crippen LogP contribution in [0, 0.1) is 5.82 Å². The molecule has 1 aliphatic heterocycles. The molecule has 0 radical (unpaired) electrons. The van der Waals surface area contributed by atoms with Crippen molar-refractivity contribution in [3.8, 4) is 0 Å². The van der Waals surface area contributed by atoms with Crippen molar-refractivity contribution in [2.24, 2.45) is 0 Å². The van der Waals surface area contributed by atoms with Crippen molar-refractivity contribution in [3.63, 3.8) is 0 Å². The maximum Gasteiger partial charge on any atom is 0.243 e. The largest absolute Gasteiger partial charge is 0.351 e. The molecule has 4 rings (SSSR count). The second-order valence-corrected chi connectivity index (χ2v) is 6.75. The number of amides is 2. The molecular weight excluding hydrogens is 319 g/mol. The highest BCUT2D eigenvalue weighted by Crippen LogP contribution is 2.41. The quantitative estimate of drug-likeness (QED) is 0.935. The Morgan fingerprint density at radius 3 is 2.56 bits per heavy atom. The minimum Gasteiger partial charge on any atom is -0.351 e. The van der Waals surface area contributed by atoms with Gasteiger partial charge in [-0.2, -0.15) is 0 Å². The summed E-state index contributed by atoms with van der Waals surface area (Å²) < 4.78 is 13.0. The van der Waals surface area contributed by atoms with E-state index < -0.39 is 6.04 Å². The zero-order valence-corrected chi connectivity index (χ0v) is 13.9. The van der Waals surface area contributed by atoms with Crippen LogP contribution in [0.4, 0.5) is 10.1 Å². The van der Waals surface area contributed by atoms with Crippen LogP contribution in [0.1, 0.15) is 30.4 Å². The molecule has 1 N–H and O–H groups in total. The molecule has 2 aliphatic rings. The SMILES string of the molecule is CC(=O)N1c2ccccc2C[C@H]1C(=O)N[C@H]1C[C@H]1c1ccc(F)cc1. The van der Waals surface area contributed by atoms with Crippen LogP contribution >= 0.6 is 0 Å². The number of rotatable bonds is 3. The van der Waals surface area contributed by atoms with Crippen LogP contribution in [-0.2, 0) is 16.0 Å². The van der Waals surface area contributed by atoms with Gasteiger partial charge in [0.15, 0.2) is 0 Å². The van der Waals surface area contributed by atoms with E-state index in [1.807, 2.05) is 24.3 Å². The number of anilines is 1. The fourth-order valence-electron chi connectivity index (χ4n) is 3.70. The molecule has 0 unspecified atom stereocenters. The normalized spacial score (nSPS) is 23.9. The highest BCUT2D eigenvalue weighted by Gasteiger charge is 2.43. The van der Waals surface area contributed by atoms with Gasteiger partial charge in [0.1, 0.15) is 11.9 Å². The Labute approximate surface area is 145 Å². The lowest BCUT2D eigenvalue weighted by Gasteiger charge is -2.23. The molecule has 2 amide bonds. The van der Waals surface area contributed by atoms with Crippen molar-refractivity contribution in [2.75, 3.05) is 4.90 Å². The van der Waals surface area contributed by atoms with Crippen molar-refractivity contribution >= 4 is 17.5 Å². The number of fused-ring (bicyclic) bond motifs is 1. The number of para-hydroxylation sites is 1. The molecule has 128 valence electrons. The summed E-state index contributed by atoms with van der Waals surface area (Å²) >= 11 is 0. The Kier molecular flexibility index (Phi) is 3.79. The summed E-state index contributed by atoms with van der Waals surface area (Å²) in [5.74, 6) is -0.290. The summed E-state index contributed by atoms with van der Waals surface area (Å²) in [6, 6.07) is 13.6. The molecule has 3 atom stereocenters. The Morgan fingerprint density at radius 1 is 1.12 bits per heavy atom. The molecule has 25 heavy (non-hydrogen) atoms. The van der Waals surface area contributed by atoms with E-state index in [-0.39, 0.29) is 29.6 Å². The number of carbonyl (C=O) groups excluding carboxylic acids is 2. The topological polar surface area (TPSA) is 49.4 Å². The summed E-state index contributed by atoms with van der Waals surface area (Å²) in [5.41, 5.74) is 2.87. The number of benzene rings is 2. The van der Waals surface area contributed by atoms with Gasteiger partial charge >= 0.3 is 0 Å². The zero-order valence-electron chi connectivity index (χ0n) is 13.9. The first-order valence-electron chi connectivity index (χ1n) is 8.48. The molecular formula is C20H19FN2O2. The van der Waals surface area contributed by atoms with Crippen LogP contribution in [0.15, 0.2) is 48.5 Å². The highest BCUT2D eigenvalue weighted by molar-refractivity contribution is 6.02. The Bertz CT molecular complexity index is 834. The van der Waals surface area contributed by atoms with Gasteiger partial charge in [0, 0.05) is 31.0 Å². The van der Waals surface area contributed by atoms with Crippen molar-refractivity contribution in [1.82, 2.24) is 5.32 Å². The third-order valence-corrected chi connectivity index (χ3v) is 5.03. The van der Waals surface area contributed by atoms with Gasteiger partial charge in [-0.15, -0.1) is 0 Å². The Hall–Kier alpha value is -2.69. The van der Waals surface area contributed by atoms with E-state index in [1.54, 1.807) is 17.0 Å². The lowest BCUT2D eigenvalue weighted by atomic mass is 10.1. The first kappa shape index (κ1) is 15.8. The van der Waals surface area contributed by atoms with Gasteiger partial charge in [-0.3, -0.25) is 14.5 Å². The van der Waals surface area contributed by atoms with Crippen molar-refractivity contribution in [2.45, 2.75) is 37.8 Å². The number of hydrogen-bond acceptors (Lipinski definition) is 2. The molecule has 0 bridgehead atoms. The van der Waals surface area contributed by atoms with Crippen LogP contribution < -0.4 is 10.2 Å². The molecule has 1 aliphatic carbocycles. The predicted molar refractivity (Wildman–Crippen MR) is 92.8 cm³/mol. The van der Waals surface area contributed by atoms with Gasteiger partial charge in [-0.25, -0.2) is 4.39 Å². The molecule has 2 aromatic carbocycles. The Morgan fingerprint density at radius 2 is 1.84 bits per heavy atom. The highest BCUT2D eigenvalue weighted by atomic mass is 19.1. The zero-order chi connectivity index (χ0) is 17.6. The second-order valence-electron chi connectivity index (χ2n) is 6.75. The minimum atomic E-state index is -0.496. The molecule has 1 saturated carbocycles.